The van der Waals surface area contributed by atoms with E-state index >= 15 is 0 Å². The lowest BCUT2D eigenvalue weighted by Crippen LogP contribution is -2.29. The molecule has 2 atom stereocenters. The van der Waals surface area contributed by atoms with Crippen molar-refractivity contribution in [1.82, 2.24) is 15.3 Å². The van der Waals surface area contributed by atoms with Crippen LogP contribution in [0.2, 0.25) is 0 Å². The summed E-state index contributed by atoms with van der Waals surface area (Å²) in [6.45, 7) is 2.21. The zero-order chi connectivity index (χ0) is 9.83. The average molecular weight is 199 g/mol. The summed E-state index contributed by atoms with van der Waals surface area (Å²) in [5.41, 5.74) is 5.59. The van der Waals surface area contributed by atoms with Gasteiger partial charge in [0.15, 0.2) is 0 Å². The number of rotatable bonds is 0. The topological polar surface area (TPSA) is 37.8 Å². The van der Waals surface area contributed by atoms with Gasteiger partial charge in [-0.05, 0) is 35.8 Å². The maximum absolute atomic E-state index is 4.53. The monoisotopic (exact) mass is 199 g/mol. The summed E-state index contributed by atoms with van der Waals surface area (Å²) in [5.74, 6) is 1.46. The molecule has 0 saturated heterocycles. The van der Waals surface area contributed by atoms with E-state index in [0.29, 0.717) is 5.92 Å². The van der Waals surface area contributed by atoms with Crippen molar-refractivity contribution in [3.63, 3.8) is 0 Å². The van der Waals surface area contributed by atoms with Gasteiger partial charge in [-0.25, -0.2) is 0 Å². The summed E-state index contributed by atoms with van der Waals surface area (Å²) in [6, 6.07) is 0. The van der Waals surface area contributed by atoms with Gasteiger partial charge in [-0.15, -0.1) is 0 Å². The Labute approximate surface area is 88.6 Å². The van der Waals surface area contributed by atoms with Crippen molar-refractivity contribution < 1.29 is 0 Å². The average Bonchev–Trinajstić information content (AvgIpc) is 2.46. The van der Waals surface area contributed by atoms with Crippen LogP contribution in [0.15, 0.2) is 18.0 Å². The Balaban J connectivity index is 1.98. The first-order chi connectivity index (χ1) is 7.43. The molecular formula is C12H13N3. The highest BCUT2D eigenvalue weighted by atomic mass is 14.9. The number of fused-ring (bicyclic) bond motifs is 1. The zero-order valence-corrected chi connectivity index (χ0v) is 8.53. The molecule has 4 rings (SSSR count). The molecule has 1 aliphatic heterocycles. The molecule has 0 aromatic carbocycles. The van der Waals surface area contributed by atoms with Crippen molar-refractivity contribution in [2.45, 2.75) is 12.8 Å². The van der Waals surface area contributed by atoms with Crippen LogP contribution < -0.4 is 5.32 Å². The van der Waals surface area contributed by atoms with Gasteiger partial charge < -0.3 is 5.32 Å². The van der Waals surface area contributed by atoms with Crippen LogP contribution in [0, 0.1) is 11.8 Å². The van der Waals surface area contributed by atoms with Gasteiger partial charge in [-0.1, -0.05) is 0 Å². The standard InChI is InChI=1S/C12H13N3/c1-2-15-12-10(14-1)4-7-3-8-5-13-6-9(7)11(8)12/h1-2,7-8,13H,3-6H2. The van der Waals surface area contributed by atoms with Crippen molar-refractivity contribution >= 4 is 5.57 Å². The van der Waals surface area contributed by atoms with Gasteiger partial charge in [0.1, 0.15) is 0 Å². The largest absolute Gasteiger partial charge is 0.312 e. The molecule has 2 aliphatic carbocycles. The van der Waals surface area contributed by atoms with Crippen LogP contribution in [0.5, 0.6) is 0 Å². The Morgan fingerprint density at radius 2 is 2.13 bits per heavy atom. The van der Waals surface area contributed by atoms with E-state index in [1.807, 2.05) is 12.4 Å². The smallest absolute Gasteiger partial charge is 0.0880 e. The molecule has 2 heterocycles. The van der Waals surface area contributed by atoms with E-state index in [2.05, 4.69) is 15.3 Å². The second-order valence-electron chi connectivity index (χ2n) is 4.76. The van der Waals surface area contributed by atoms with E-state index in [1.165, 1.54) is 23.4 Å². The van der Waals surface area contributed by atoms with Crippen LogP contribution in [-0.4, -0.2) is 23.1 Å². The quantitative estimate of drug-likeness (QED) is 0.678. The van der Waals surface area contributed by atoms with E-state index in [-0.39, 0.29) is 0 Å². The molecule has 2 unspecified atom stereocenters. The van der Waals surface area contributed by atoms with E-state index in [1.54, 1.807) is 5.57 Å². The third kappa shape index (κ3) is 0.939. The molecule has 1 aromatic heterocycles. The van der Waals surface area contributed by atoms with E-state index in [0.717, 1.165) is 25.4 Å². The van der Waals surface area contributed by atoms with Gasteiger partial charge in [0.25, 0.3) is 0 Å². The number of nitrogens with one attached hydrogen (secondary N) is 1. The van der Waals surface area contributed by atoms with E-state index in [4.69, 9.17) is 0 Å². The van der Waals surface area contributed by atoms with Gasteiger partial charge >= 0.3 is 0 Å². The van der Waals surface area contributed by atoms with Crippen molar-refractivity contribution in [1.29, 1.82) is 0 Å². The second kappa shape index (κ2) is 2.67. The van der Waals surface area contributed by atoms with Gasteiger partial charge in [0.2, 0.25) is 0 Å². The molecule has 3 aliphatic rings. The normalized spacial score (nSPS) is 31.7. The van der Waals surface area contributed by atoms with Crippen LogP contribution in [0.25, 0.3) is 5.57 Å². The molecule has 0 radical (unpaired) electrons. The summed E-state index contributed by atoms with van der Waals surface area (Å²) >= 11 is 0. The van der Waals surface area contributed by atoms with Crippen LogP contribution in [0.3, 0.4) is 0 Å². The van der Waals surface area contributed by atoms with Crippen molar-refractivity contribution in [2.75, 3.05) is 13.1 Å². The highest BCUT2D eigenvalue weighted by Crippen LogP contribution is 2.48. The minimum Gasteiger partial charge on any atom is -0.312 e. The van der Waals surface area contributed by atoms with Crippen molar-refractivity contribution in [2.24, 2.45) is 11.8 Å². The number of hydrogen-bond donors (Lipinski definition) is 1. The first-order valence-corrected chi connectivity index (χ1v) is 5.67. The Kier molecular flexibility index (Phi) is 1.42. The molecule has 15 heavy (non-hydrogen) atoms. The molecule has 1 N–H and O–H groups in total. The lowest BCUT2D eigenvalue weighted by atomic mass is 9.87. The molecule has 3 heteroatoms. The fourth-order valence-corrected chi connectivity index (χ4v) is 3.42. The number of aromatic nitrogens is 2. The zero-order valence-electron chi connectivity index (χ0n) is 8.53. The highest BCUT2D eigenvalue weighted by Gasteiger charge is 2.41. The maximum Gasteiger partial charge on any atom is 0.0880 e. The molecular weight excluding hydrogens is 186 g/mol. The minimum atomic E-state index is 0.705. The highest BCUT2D eigenvalue weighted by molar-refractivity contribution is 5.75. The third-order valence-electron chi connectivity index (χ3n) is 3.99. The van der Waals surface area contributed by atoms with E-state index in [9.17, 15) is 0 Å². The van der Waals surface area contributed by atoms with Crippen molar-refractivity contribution in [3.8, 4) is 0 Å². The fraction of sp³-hybridized carbons (Fsp3) is 0.500. The number of nitrogens with zero attached hydrogens (tertiary/aromatic N) is 2. The van der Waals surface area contributed by atoms with Gasteiger partial charge in [0, 0.05) is 25.5 Å². The Morgan fingerprint density at radius 1 is 1.20 bits per heavy atom. The Morgan fingerprint density at radius 3 is 3.13 bits per heavy atom. The predicted molar refractivity (Wildman–Crippen MR) is 57.1 cm³/mol. The van der Waals surface area contributed by atoms with Crippen LogP contribution in [0.4, 0.5) is 0 Å². The molecule has 0 fully saturated rings. The lowest BCUT2D eigenvalue weighted by Gasteiger charge is -2.25. The van der Waals surface area contributed by atoms with E-state index < -0.39 is 0 Å². The summed E-state index contributed by atoms with van der Waals surface area (Å²) in [7, 11) is 0. The van der Waals surface area contributed by atoms with Gasteiger partial charge in [-0.2, -0.15) is 0 Å². The van der Waals surface area contributed by atoms with Gasteiger partial charge in [0.05, 0.1) is 11.4 Å². The van der Waals surface area contributed by atoms with Crippen molar-refractivity contribution in [3.05, 3.63) is 29.4 Å². The molecule has 4 bridgehead atoms. The molecule has 0 amide bonds. The Bertz CT molecular complexity index is 464. The van der Waals surface area contributed by atoms with Gasteiger partial charge in [-0.3, -0.25) is 9.97 Å². The predicted octanol–water partition coefficient (Wildman–Crippen LogP) is 1.03. The summed E-state index contributed by atoms with van der Waals surface area (Å²) < 4.78 is 0. The summed E-state index contributed by atoms with van der Waals surface area (Å²) in [4.78, 5) is 9.00. The number of hydrogen-bond acceptors (Lipinski definition) is 3. The Hall–Kier alpha value is -1.22. The summed E-state index contributed by atoms with van der Waals surface area (Å²) in [6.07, 6.45) is 6.08. The molecule has 1 aromatic rings. The lowest BCUT2D eigenvalue weighted by molar-refractivity contribution is 0.534. The first-order valence-electron chi connectivity index (χ1n) is 5.67. The van der Waals surface area contributed by atoms with Crippen LogP contribution >= 0.6 is 0 Å². The second-order valence-corrected chi connectivity index (χ2v) is 4.76. The summed E-state index contributed by atoms with van der Waals surface area (Å²) in [5, 5.41) is 3.50. The SMILES string of the molecule is c1cnc2c(n1)CC1CC3CNCC1=C23. The van der Waals surface area contributed by atoms with Crippen LogP contribution in [0.1, 0.15) is 17.8 Å². The third-order valence-corrected chi connectivity index (χ3v) is 3.99. The molecule has 76 valence electrons. The minimum absolute atomic E-state index is 0.705. The first kappa shape index (κ1) is 7.99. The molecule has 0 saturated carbocycles. The molecule has 0 spiro atoms. The fourth-order valence-electron chi connectivity index (χ4n) is 3.42. The maximum atomic E-state index is 4.53. The van der Waals surface area contributed by atoms with Crippen LogP contribution in [-0.2, 0) is 6.42 Å². The molecule has 3 nitrogen and oxygen atoms in total.